The van der Waals surface area contributed by atoms with E-state index < -0.39 is 6.09 Å². The van der Waals surface area contributed by atoms with E-state index in [0.717, 1.165) is 29.7 Å². The summed E-state index contributed by atoms with van der Waals surface area (Å²) >= 11 is 0. The van der Waals surface area contributed by atoms with Crippen molar-refractivity contribution >= 4 is 17.7 Å². The highest BCUT2D eigenvalue weighted by atomic mass is 16.5. The number of aryl methyl sites for hydroxylation is 1. The molecule has 1 aromatic heterocycles. The Morgan fingerprint density at radius 2 is 2.09 bits per heavy atom. The molecule has 0 aromatic carbocycles. The number of carbonyl (C=O) groups is 2. The monoisotopic (exact) mass is 321 g/mol. The SMILES string of the molecule is CCOC(=O)N/N=C1\CCCc2oc(C(=O)NC(C)C)c(C)c21. The number of hydrazone groups is 1. The van der Waals surface area contributed by atoms with Crippen LogP contribution in [-0.4, -0.2) is 30.4 Å². The van der Waals surface area contributed by atoms with Crippen molar-refractivity contribution in [2.24, 2.45) is 5.10 Å². The Labute approximate surface area is 135 Å². The second kappa shape index (κ2) is 7.30. The zero-order valence-corrected chi connectivity index (χ0v) is 14.0. The van der Waals surface area contributed by atoms with Gasteiger partial charge in [-0.1, -0.05) is 0 Å². The summed E-state index contributed by atoms with van der Waals surface area (Å²) in [6.45, 7) is 7.64. The Balaban J connectivity index is 2.27. The fourth-order valence-electron chi connectivity index (χ4n) is 2.60. The van der Waals surface area contributed by atoms with E-state index >= 15 is 0 Å². The molecule has 0 saturated carbocycles. The van der Waals surface area contributed by atoms with E-state index in [0.29, 0.717) is 17.9 Å². The molecular formula is C16H23N3O4. The average Bonchev–Trinajstić information content (AvgIpc) is 2.83. The second-order valence-electron chi connectivity index (χ2n) is 5.73. The van der Waals surface area contributed by atoms with Gasteiger partial charge in [-0.15, -0.1) is 0 Å². The molecule has 0 spiro atoms. The fraction of sp³-hybridized carbons (Fsp3) is 0.562. The maximum absolute atomic E-state index is 12.2. The van der Waals surface area contributed by atoms with E-state index in [-0.39, 0.29) is 18.6 Å². The first-order chi connectivity index (χ1) is 10.9. The largest absolute Gasteiger partial charge is 0.455 e. The lowest BCUT2D eigenvalue weighted by molar-refractivity contribution is 0.0912. The number of hydrogen-bond donors (Lipinski definition) is 2. The molecule has 126 valence electrons. The molecule has 2 amide bonds. The first-order valence-corrected chi connectivity index (χ1v) is 7.86. The lowest BCUT2D eigenvalue weighted by atomic mass is 9.93. The molecular weight excluding hydrogens is 298 g/mol. The lowest BCUT2D eigenvalue weighted by Crippen LogP contribution is -2.30. The van der Waals surface area contributed by atoms with Crippen LogP contribution in [0.2, 0.25) is 0 Å². The van der Waals surface area contributed by atoms with Gasteiger partial charge in [0.1, 0.15) is 5.76 Å². The summed E-state index contributed by atoms with van der Waals surface area (Å²) in [7, 11) is 0. The third-order valence-corrected chi connectivity index (χ3v) is 3.51. The average molecular weight is 321 g/mol. The van der Waals surface area contributed by atoms with Crippen molar-refractivity contribution in [1.82, 2.24) is 10.7 Å². The molecule has 0 atom stereocenters. The molecule has 1 aliphatic rings. The highest BCUT2D eigenvalue weighted by molar-refractivity contribution is 6.06. The van der Waals surface area contributed by atoms with E-state index in [1.807, 2.05) is 20.8 Å². The van der Waals surface area contributed by atoms with Gasteiger partial charge in [-0.25, -0.2) is 10.2 Å². The summed E-state index contributed by atoms with van der Waals surface area (Å²) in [6.07, 6.45) is 1.73. The van der Waals surface area contributed by atoms with Gasteiger partial charge in [0.2, 0.25) is 0 Å². The molecule has 23 heavy (non-hydrogen) atoms. The molecule has 0 fully saturated rings. The summed E-state index contributed by atoms with van der Waals surface area (Å²) in [5.41, 5.74) is 4.66. The Hall–Kier alpha value is -2.31. The quantitative estimate of drug-likeness (QED) is 0.833. The molecule has 2 N–H and O–H groups in total. The summed E-state index contributed by atoms with van der Waals surface area (Å²) in [5.74, 6) is 0.825. The molecule has 7 nitrogen and oxygen atoms in total. The normalized spacial score (nSPS) is 15.4. The smallest absolute Gasteiger partial charge is 0.427 e. The minimum absolute atomic E-state index is 0.0302. The molecule has 1 aliphatic carbocycles. The zero-order valence-electron chi connectivity index (χ0n) is 14.0. The number of hydrogen-bond acceptors (Lipinski definition) is 5. The van der Waals surface area contributed by atoms with Gasteiger partial charge in [0.15, 0.2) is 5.76 Å². The van der Waals surface area contributed by atoms with Gasteiger partial charge in [0, 0.05) is 23.6 Å². The second-order valence-corrected chi connectivity index (χ2v) is 5.73. The van der Waals surface area contributed by atoms with Gasteiger partial charge in [-0.2, -0.15) is 5.10 Å². The highest BCUT2D eigenvalue weighted by Crippen LogP contribution is 2.29. The number of rotatable bonds is 4. The zero-order chi connectivity index (χ0) is 17.0. The van der Waals surface area contributed by atoms with Crippen LogP contribution < -0.4 is 10.7 Å². The lowest BCUT2D eigenvalue weighted by Gasteiger charge is -2.13. The van der Waals surface area contributed by atoms with Gasteiger partial charge >= 0.3 is 6.09 Å². The number of fused-ring (bicyclic) bond motifs is 1. The van der Waals surface area contributed by atoms with Crippen LogP contribution in [0.15, 0.2) is 9.52 Å². The third kappa shape index (κ3) is 3.91. The number of furan rings is 1. The molecule has 1 heterocycles. The van der Waals surface area contributed by atoms with Gasteiger partial charge in [-0.05, 0) is 40.5 Å². The van der Waals surface area contributed by atoms with E-state index in [4.69, 9.17) is 9.15 Å². The number of amides is 2. The highest BCUT2D eigenvalue weighted by Gasteiger charge is 2.28. The molecule has 0 unspecified atom stereocenters. The number of carbonyl (C=O) groups excluding carboxylic acids is 2. The van der Waals surface area contributed by atoms with Crippen molar-refractivity contribution in [1.29, 1.82) is 0 Å². The molecule has 0 saturated heterocycles. The summed E-state index contributed by atoms with van der Waals surface area (Å²) in [4.78, 5) is 23.6. The first kappa shape index (κ1) is 17.1. The molecule has 0 radical (unpaired) electrons. The number of ether oxygens (including phenoxy) is 1. The summed E-state index contributed by atoms with van der Waals surface area (Å²) in [6, 6.07) is 0.0302. The molecule has 7 heteroatoms. The van der Waals surface area contributed by atoms with E-state index in [9.17, 15) is 9.59 Å². The van der Waals surface area contributed by atoms with E-state index in [1.165, 1.54) is 0 Å². The van der Waals surface area contributed by atoms with Crippen molar-refractivity contribution < 1.29 is 18.7 Å². The topological polar surface area (TPSA) is 92.9 Å². The predicted molar refractivity (Wildman–Crippen MR) is 85.7 cm³/mol. The van der Waals surface area contributed by atoms with E-state index in [1.54, 1.807) is 6.92 Å². The van der Waals surface area contributed by atoms with Crippen LogP contribution in [0.25, 0.3) is 0 Å². The van der Waals surface area contributed by atoms with Gasteiger partial charge in [0.05, 0.1) is 12.3 Å². The van der Waals surface area contributed by atoms with Gasteiger partial charge < -0.3 is 14.5 Å². The third-order valence-electron chi connectivity index (χ3n) is 3.51. The maximum Gasteiger partial charge on any atom is 0.427 e. The van der Waals surface area contributed by atoms with Crippen molar-refractivity contribution in [3.05, 3.63) is 22.6 Å². The Bertz CT molecular complexity index is 632. The summed E-state index contributed by atoms with van der Waals surface area (Å²) < 4.78 is 10.5. The minimum atomic E-state index is -0.592. The van der Waals surface area contributed by atoms with Crippen molar-refractivity contribution in [2.75, 3.05) is 6.61 Å². The molecule has 0 bridgehead atoms. The minimum Gasteiger partial charge on any atom is -0.455 e. The van der Waals surface area contributed by atoms with Crippen LogP contribution in [0.4, 0.5) is 4.79 Å². The molecule has 1 aromatic rings. The Kier molecular flexibility index (Phi) is 5.41. The fourth-order valence-corrected chi connectivity index (χ4v) is 2.60. The van der Waals surface area contributed by atoms with Crippen molar-refractivity contribution in [3.63, 3.8) is 0 Å². The van der Waals surface area contributed by atoms with Crippen LogP contribution in [0, 0.1) is 6.92 Å². The Morgan fingerprint density at radius 1 is 1.35 bits per heavy atom. The van der Waals surface area contributed by atoms with Crippen LogP contribution in [0.3, 0.4) is 0 Å². The van der Waals surface area contributed by atoms with Crippen LogP contribution >= 0.6 is 0 Å². The maximum atomic E-state index is 12.2. The predicted octanol–water partition coefficient (Wildman–Crippen LogP) is 2.51. The Morgan fingerprint density at radius 3 is 2.74 bits per heavy atom. The first-order valence-electron chi connectivity index (χ1n) is 7.86. The number of nitrogens with one attached hydrogen (secondary N) is 2. The summed E-state index contributed by atoms with van der Waals surface area (Å²) in [5, 5.41) is 6.97. The molecule has 2 rings (SSSR count). The van der Waals surface area contributed by atoms with Crippen LogP contribution in [-0.2, 0) is 11.2 Å². The van der Waals surface area contributed by atoms with Gasteiger partial charge in [-0.3, -0.25) is 4.79 Å². The van der Waals surface area contributed by atoms with Crippen LogP contribution in [0.1, 0.15) is 61.1 Å². The number of nitrogens with zero attached hydrogens (tertiary/aromatic N) is 1. The molecule has 0 aliphatic heterocycles. The standard InChI is InChI=1S/C16H23N3O4/c1-5-22-16(21)19-18-11-7-6-8-12-13(11)10(4)14(23-12)15(20)17-9(2)3/h9H,5-8H2,1-4H3,(H,17,20)(H,19,21)/b18-11+. The van der Waals surface area contributed by atoms with Crippen molar-refractivity contribution in [2.45, 2.75) is 53.0 Å². The van der Waals surface area contributed by atoms with Gasteiger partial charge in [0.25, 0.3) is 5.91 Å². The van der Waals surface area contributed by atoms with Crippen LogP contribution in [0.5, 0.6) is 0 Å². The van der Waals surface area contributed by atoms with E-state index in [2.05, 4.69) is 15.8 Å². The van der Waals surface area contributed by atoms with Crippen molar-refractivity contribution in [3.8, 4) is 0 Å².